The second-order valence-electron chi connectivity index (χ2n) is 6.75. The van der Waals surface area contributed by atoms with Crippen LogP contribution in [0.1, 0.15) is 21.8 Å². The number of nitrogens with one attached hydrogen (secondary N) is 1. The number of likely N-dealkylation sites (N-methyl/N-ethyl adjacent to an activating group) is 1. The molecule has 2 heterocycles. The van der Waals surface area contributed by atoms with Gasteiger partial charge in [-0.15, -0.1) is 0 Å². The standard InChI is InChI=1S/C21H19FN4O2/c1-26-19(12-27)18(11-24-26)14-2-3-15-10-23-20(9-16(15)8-14)25-21(28)13-4-6-17(22)7-5-13/h2-11,18-19,27H,12H2,1H3,(H,23,25,28). The minimum absolute atomic E-state index is 0.00846. The molecule has 1 aliphatic heterocycles. The van der Waals surface area contributed by atoms with Crippen molar-refractivity contribution in [3.8, 4) is 0 Å². The summed E-state index contributed by atoms with van der Waals surface area (Å²) in [4.78, 5) is 16.6. The molecule has 0 saturated carbocycles. The number of nitrogens with zero attached hydrogens (tertiary/aromatic N) is 3. The van der Waals surface area contributed by atoms with E-state index in [4.69, 9.17) is 0 Å². The maximum Gasteiger partial charge on any atom is 0.256 e. The van der Waals surface area contributed by atoms with Crippen LogP contribution in [-0.2, 0) is 0 Å². The predicted octanol–water partition coefficient (Wildman–Crippen LogP) is 3.00. The van der Waals surface area contributed by atoms with Crippen molar-refractivity contribution in [1.82, 2.24) is 9.99 Å². The number of carbonyl (C=O) groups is 1. The summed E-state index contributed by atoms with van der Waals surface area (Å²) in [5.74, 6) is -0.345. The van der Waals surface area contributed by atoms with Crippen molar-refractivity contribution in [2.75, 3.05) is 19.0 Å². The molecule has 1 aromatic heterocycles. The van der Waals surface area contributed by atoms with Crippen LogP contribution < -0.4 is 5.32 Å². The average Bonchev–Trinajstić information content (AvgIpc) is 3.08. The number of hydrogen-bond donors (Lipinski definition) is 2. The number of rotatable bonds is 4. The first-order chi connectivity index (χ1) is 13.5. The molecular formula is C21H19FN4O2. The molecule has 2 N–H and O–H groups in total. The summed E-state index contributed by atoms with van der Waals surface area (Å²) < 4.78 is 13.0. The highest BCUT2D eigenvalue weighted by Gasteiger charge is 2.29. The number of hydrogen-bond acceptors (Lipinski definition) is 5. The first-order valence-electron chi connectivity index (χ1n) is 8.89. The Bertz CT molecular complexity index is 1050. The van der Waals surface area contributed by atoms with E-state index in [1.54, 1.807) is 17.3 Å². The smallest absolute Gasteiger partial charge is 0.256 e. The van der Waals surface area contributed by atoms with Crippen LogP contribution in [-0.4, -0.2) is 46.9 Å². The predicted molar refractivity (Wildman–Crippen MR) is 106 cm³/mol. The largest absolute Gasteiger partial charge is 0.394 e. The quantitative estimate of drug-likeness (QED) is 0.732. The molecule has 142 valence electrons. The maximum atomic E-state index is 13.0. The van der Waals surface area contributed by atoms with E-state index in [0.29, 0.717) is 11.4 Å². The van der Waals surface area contributed by atoms with Crippen LogP contribution in [0, 0.1) is 5.82 Å². The molecule has 0 radical (unpaired) electrons. The number of pyridine rings is 1. The van der Waals surface area contributed by atoms with Crippen LogP contribution in [0.2, 0.25) is 0 Å². The lowest BCUT2D eigenvalue weighted by Gasteiger charge is -2.22. The summed E-state index contributed by atoms with van der Waals surface area (Å²) in [7, 11) is 1.84. The van der Waals surface area contributed by atoms with E-state index in [9.17, 15) is 14.3 Å². The van der Waals surface area contributed by atoms with E-state index in [2.05, 4.69) is 15.4 Å². The zero-order chi connectivity index (χ0) is 19.7. The minimum atomic E-state index is -0.393. The molecule has 2 unspecified atom stereocenters. The molecule has 28 heavy (non-hydrogen) atoms. The summed E-state index contributed by atoms with van der Waals surface area (Å²) in [6, 6.07) is 13.0. The number of hydrazone groups is 1. The Hall–Kier alpha value is -3.32. The third kappa shape index (κ3) is 3.44. The van der Waals surface area contributed by atoms with Gasteiger partial charge in [0.2, 0.25) is 0 Å². The van der Waals surface area contributed by atoms with Crippen molar-refractivity contribution in [3.63, 3.8) is 0 Å². The number of anilines is 1. The Morgan fingerprint density at radius 2 is 1.96 bits per heavy atom. The second kappa shape index (κ2) is 7.36. The highest BCUT2D eigenvalue weighted by atomic mass is 19.1. The van der Waals surface area contributed by atoms with Gasteiger partial charge in [0.15, 0.2) is 0 Å². The van der Waals surface area contributed by atoms with E-state index in [1.807, 2.05) is 31.5 Å². The number of halogens is 1. The average molecular weight is 378 g/mol. The Morgan fingerprint density at radius 3 is 2.71 bits per heavy atom. The molecule has 4 rings (SSSR count). The first-order valence-corrected chi connectivity index (χ1v) is 8.89. The molecule has 6 nitrogen and oxygen atoms in total. The van der Waals surface area contributed by atoms with Crippen LogP contribution in [0.15, 0.2) is 59.8 Å². The van der Waals surface area contributed by atoms with E-state index in [-0.39, 0.29) is 24.5 Å². The van der Waals surface area contributed by atoms with Gasteiger partial charge in [-0.2, -0.15) is 5.10 Å². The van der Waals surface area contributed by atoms with Crippen molar-refractivity contribution in [2.45, 2.75) is 12.0 Å². The third-order valence-electron chi connectivity index (χ3n) is 4.97. The Labute approximate surface area is 161 Å². The van der Waals surface area contributed by atoms with Crippen LogP contribution >= 0.6 is 0 Å². The molecule has 3 aromatic rings. The number of amides is 1. The normalized spacial score (nSPS) is 18.6. The van der Waals surface area contributed by atoms with E-state index < -0.39 is 5.82 Å². The maximum absolute atomic E-state index is 13.0. The molecule has 2 aromatic carbocycles. The van der Waals surface area contributed by atoms with Gasteiger partial charge >= 0.3 is 0 Å². The zero-order valence-corrected chi connectivity index (χ0v) is 15.2. The van der Waals surface area contributed by atoms with Gasteiger partial charge in [0.05, 0.1) is 12.6 Å². The lowest BCUT2D eigenvalue weighted by molar-refractivity contribution is 0.102. The van der Waals surface area contributed by atoms with Crippen molar-refractivity contribution in [1.29, 1.82) is 0 Å². The topological polar surface area (TPSA) is 77.8 Å². The van der Waals surface area contributed by atoms with Crippen LogP contribution in [0.4, 0.5) is 10.2 Å². The second-order valence-corrected chi connectivity index (χ2v) is 6.75. The molecule has 1 aliphatic rings. The number of aromatic nitrogens is 1. The number of carbonyl (C=O) groups excluding carboxylic acids is 1. The van der Waals surface area contributed by atoms with E-state index in [0.717, 1.165) is 16.3 Å². The highest BCUT2D eigenvalue weighted by molar-refractivity contribution is 6.04. The lowest BCUT2D eigenvalue weighted by atomic mass is 9.92. The number of benzene rings is 2. The Balaban J connectivity index is 1.60. The summed E-state index contributed by atoms with van der Waals surface area (Å²) in [6.45, 7) is 0.00846. The third-order valence-corrected chi connectivity index (χ3v) is 4.97. The van der Waals surface area contributed by atoms with Crippen LogP contribution in [0.3, 0.4) is 0 Å². The van der Waals surface area contributed by atoms with Crippen molar-refractivity contribution in [2.24, 2.45) is 5.10 Å². The summed E-state index contributed by atoms with van der Waals surface area (Å²) in [6.07, 6.45) is 3.53. The summed E-state index contributed by atoms with van der Waals surface area (Å²) in [5.41, 5.74) is 1.38. The van der Waals surface area contributed by atoms with Gasteiger partial charge in [-0.3, -0.25) is 9.80 Å². The van der Waals surface area contributed by atoms with Crippen LogP contribution in [0.5, 0.6) is 0 Å². The minimum Gasteiger partial charge on any atom is -0.394 e. The zero-order valence-electron chi connectivity index (χ0n) is 15.2. The number of aliphatic hydroxyl groups excluding tert-OH is 1. The van der Waals surface area contributed by atoms with Gasteiger partial charge in [-0.25, -0.2) is 9.37 Å². The SMILES string of the molecule is CN1N=CC(c2ccc3cnc(NC(=O)c4ccc(F)cc4)cc3c2)C1CO. The molecule has 0 bridgehead atoms. The van der Waals surface area contributed by atoms with Crippen molar-refractivity contribution in [3.05, 3.63) is 71.7 Å². The fourth-order valence-electron chi connectivity index (χ4n) is 3.36. The van der Waals surface area contributed by atoms with Gasteiger partial charge in [-0.05, 0) is 41.3 Å². The molecule has 7 heteroatoms. The molecule has 1 amide bonds. The first kappa shape index (κ1) is 18.1. The van der Waals surface area contributed by atoms with Gasteiger partial charge in [0.1, 0.15) is 11.6 Å². The highest BCUT2D eigenvalue weighted by Crippen LogP contribution is 2.29. The molecule has 2 atom stereocenters. The van der Waals surface area contributed by atoms with Crippen molar-refractivity contribution < 1.29 is 14.3 Å². The fourth-order valence-corrected chi connectivity index (χ4v) is 3.36. The Kier molecular flexibility index (Phi) is 4.75. The van der Waals surface area contributed by atoms with Gasteiger partial charge < -0.3 is 10.4 Å². The lowest BCUT2D eigenvalue weighted by Crippen LogP contribution is -2.31. The summed E-state index contributed by atoms with van der Waals surface area (Å²) in [5, 5.41) is 20.3. The number of aliphatic hydroxyl groups is 1. The number of fused-ring (bicyclic) bond motifs is 1. The van der Waals surface area contributed by atoms with Crippen LogP contribution in [0.25, 0.3) is 10.8 Å². The van der Waals surface area contributed by atoms with Gasteiger partial charge in [-0.1, -0.05) is 18.2 Å². The Morgan fingerprint density at radius 1 is 1.18 bits per heavy atom. The monoisotopic (exact) mass is 378 g/mol. The van der Waals surface area contributed by atoms with Crippen molar-refractivity contribution >= 4 is 28.7 Å². The summed E-state index contributed by atoms with van der Waals surface area (Å²) >= 11 is 0. The molecular weight excluding hydrogens is 359 g/mol. The molecule has 0 fully saturated rings. The molecule has 0 spiro atoms. The van der Waals surface area contributed by atoms with E-state index >= 15 is 0 Å². The van der Waals surface area contributed by atoms with Gasteiger partial charge in [0, 0.05) is 36.3 Å². The fraction of sp³-hybridized carbons (Fsp3) is 0.190. The molecule has 0 aliphatic carbocycles. The molecule has 0 saturated heterocycles. The van der Waals surface area contributed by atoms with Gasteiger partial charge in [0.25, 0.3) is 5.91 Å². The van der Waals surface area contributed by atoms with E-state index in [1.165, 1.54) is 24.3 Å².